The van der Waals surface area contributed by atoms with Gasteiger partial charge in [0, 0.05) is 30.7 Å². The van der Waals surface area contributed by atoms with Gasteiger partial charge in [-0.1, -0.05) is 18.2 Å². The summed E-state index contributed by atoms with van der Waals surface area (Å²) < 4.78 is 10.3. The lowest BCUT2D eigenvalue weighted by Crippen LogP contribution is -2.37. The smallest absolute Gasteiger partial charge is 0.339 e. The molecule has 1 N–H and O–H groups in total. The van der Waals surface area contributed by atoms with E-state index in [-0.39, 0.29) is 5.91 Å². The van der Waals surface area contributed by atoms with Crippen molar-refractivity contribution in [2.75, 3.05) is 20.3 Å². The number of nitrogens with one attached hydrogen (secondary N) is 1. The van der Waals surface area contributed by atoms with Crippen LogP contribution in [-0.4, -0.2) is 43.2 Å². The van der Waals surface area contributed by atoms with Crippen LogP contribution in [0.2, 0.25) is 0 Å². The third kappa shape index (κ3) is 4.14. The lowest BCUT2D eigenvalue weighted by atomic mass is 10.1. The zero-order valence-corrected chi connectivity index (χ0v) is 14.5. The molecule has 0 unspecified atom stereocenters. The lowest BCUT2D eigenvalue weighted by molar-refractivity contribution is -0.129. The van der Waals surface area contributed by atoms with Gasteiger partial charge in [0.05, 0.1) is 17.7 Å². The minimum atomic E-state index is -0.874. The Hall–Kier alpha value is -2.47. The highest BCUT2D eigenvalue weighted by atomic mass is 16.5. The molecule has 6 heteroatoms. The van der Waals surface area contributed by atoms with Crippen LogP contribution in [-0.2, 0) is 14.3 Å². The van der Waals surface area contributed by atoms with Crippen molar-refractivity contribution in [3.05, 3.63) is 41.6 Å². The van der Waals surface area contributed by atoms with E-state index >= 15 is 0 Å². The second-order valence-electron chi connectivity index (χ2n) is 6.22. The van der Waals surface area contributed by atoms with E-state index in [0.717, 1.165) is 29.4 Å². The number of pyridine rings is 1. The summed E-state index contributed by atoms with van der Waals surface area (Å²) in [4.78, 5) is 29.3. The van der Waals surface area contributed by atoms with Crippen molar-refractivity contribution < 1.29 is 19.1 Å². The fourth-order valence-corrected chi connectivity index (χ4v) is 2.65. The van der Waals surface area contributed by atoms with E-state index in [1.54, 1.807) is 20.1 Å². The molecule has 0 saturated heterocycles. The number of hydrogen-bond donors (Lipinski definition) is 1. The van der Waals surface area contributed by atoms with Crippen molar-refractivity contribution in [1.82, 2.24) is 10.3 Å². The van der Waals surface area contributed by atoms with E-state index in [2.05, 4.69) is 10.3 Å². The zero-order chi connectivity index (χ0) is 17.8. The minimum absolute atomic E-state index is 0.342. The fourth-order valence-electron chi connectivity index (χ4n) is 2.65. The van der Waals surface area contributed by atoms with Crippen molar-refractivity contribution in [2.24, 2.45) is 0 Å². The van der Waals surface area contributed by atoms with Gasteiger partial charge in [0.1, 0.15) is 0 Å². The number of aromatic nitrogens is 1. The number of methoxy groups -OCH3 is 1. The maximum Gasteiger partial charge on any atom is 0.339 e. The molecule has 3 rings (SSSR count). The Morgan fingerprint density at radius 2 is 2.08 bits per heavy atom. The summed E-state index contributed by atoms with van der Waals surface area (Å²) in [6.45, 7) is 2.35. The van der Waals surface area contributed by atoms with Crippen LogP contribution in [0.4, 0.5) is 0 Å². The van der Waals surface area contributed by atoms with Gasteiger partial charge in [-0.3, -0.25) is 9.78 Å². The fraction of sp³-hybridized carbons (Fsp3) is 0.421. The van der Waals surface area contributed by atoms with E-state index in [1.807, 2.05) is 24.3 Å². The van der Waals surface area contributed by atoms with Gasteiger partial charge in [0.2, 0.25) is 0 Å². The number of benzene rings is 1. The quantitative estimate of drug-likeness (QED) is 0.618. The molecule has 0 spiro atoms. The summed E-state index contributed by atoms with van der Waals surface area (Å²) in [7, 11) is 1.56. The van der Waals surface area contributed by atoms with Crippen molar-refractivity contribution in [2.45, 2.75) is 31.8 Å². The molecule has 0 radical (unpaired) electrons. The van der Waals surface area contributed by atoms with Gasteiger partial charge < -0.3 is 14.8 Å². The Balaban J connectivity index is 1.78. The van der Waals surface area contributed by atoms with E-state index in [1.165, 1.54) is 0 Å². The van der Waals surface area contributed by atoms with Crippen molar-refractivity contribution in [1.29, 1.82) is 0 Å². The summed E-state index contributed by atoms with van der Waals surface area (Å²) in [5.74, 6) is -0.424. The molecule has 1 atom stereocenters. The van der Waals surface area contributed by atoms with Gasteiger partial charge in [0.25, 0.3) is 5.91 Å². The number of para-hydroxylation sites is 1. The summed E-state index contributed by atoms with van der Waals surface area (Å²) in [5.41, 5.74) is 2.16. The molecule has 1 aromatic heterocycles. The first kappa shape index (κ1) is 17.4. The zero-order valence-electron chi connectivity index (χ0n) is 14.5. The van der Waals surface area contributed by atoms with Gasteiger partial charge in [-0.05, 0) is 31.9 Å². The maximum atomic E-state index is 12.6. The highest BCUT2D eigenvalue weighted by Crippen LogP contribution is 2.40. The predicted molar refractivity (Wildman–Crippen MR) is 93.5 cm³/mol. The molecule has 0 bridgehead atoms. The number of carbonyl (C=O) groups is 2. The van der Waals surface area contributed by atoms with Gasteiger partial charge >= 0.3 is 5.97 Å². The first-order chi connectivity index (χ1) is 12.1. The van der Waals surface area contributed by atoms with Gasteiger partial charge in [-0.2, -0.15) is 0 Å². The van der Waals surface area contributed by atoms with Crippen LogP contribution < -0.4 is 5.32 Å². The SMILES string of the molecule is COCCNC(=O)[C@@H](C)OC(=O)c1cc(C2CC2)nc2ccccc12. The summed E-state index contributed by atoms with van der Waals surface area (Å²) in [5, 5.41) is 3.40. The monoisotopic (exact) mass is 342 g/mol. The highest BCUT2D eigenvalue weighted by Gasteiger charge is 2.28. The van der Waals surface area contributed by atoms with Crippen molar-refractivity contribution >= 4 is 22.8 Å². The number of fused-ring (bicyclic) bond motifs is 1. The van der Waals surface area contributed by atoms with E-state index in [4.69, 9.17) is 9.47 Å². The van der Waals surface area contributed by atoms with Crippen LogP contribution in [0.1, 0.15) is 41.7 Å². The molecular formula is C19H22N2O4. The van der Waals surface area contributed by atoms with Crippen LogP contribution in [0.5, 0.6) is 0 Å². The van der Waals surface area contributed by atoms with Crippen LogP contribution in [0.3, 0.4) is 0 Å². The first-order valence-electron chi connectivity index (χ1n) is 8.47. The molecule has 1 heterocycles. The molecule has 1 aromatic carbocycles. The molecule has 0 aliphatic heterocycles. The molecule has 1 fully saturated rings. The number of amides is 1. The number of hydrogen-bond acceptors (Lipinski definition) is 5. The number of carbonyl (C=O) groups excluding carboxylic acids is 2. The molecule has 1 amide bonds. The molecule has 1 aliphatic rings. The highest BCUT2D eigenvalue weighted by molar-refractivity contribution is 6.04. The second-order valence-corrected chi connectivity index (χ2v) is 6.22. The Morgan fingerprint density at radius 3 is 2.80 bits per heavy atom. The van der Waals surface area contributed by atoms with Crippen molar-refractivity contribution in [3.8, 4) is 0 Å². The van der Waals surface area contributed by atoms with E-state index < -0.39 is 12.1 Å². The number of ether oxygens (including phenoxy) is 2. The molecular weight excluding hydrogens is 320 g/mol. The normalized spacial score (nSPS) is 15.0. The minimum Gasteiger partial charge on any atom is -0.449 e. The standard InChI is InChI=1S/C19H22N2O4/c1-12(18(22)20-9-10-24-2)25-19(23)15-11-17(13-7-8-13)21-16-6-4-3-5-14(15)16/h3-6,11-13H,7-10H2,1-2H3,(H,20,22)/t12-/m1/s1. The Morgan fingerprint density at radius 1 is 1.32 bits per heavy atom. The summed E-state index contributed by atoms with van der Waals surface area (Å²) >= 11 is 0. The van der Waals surface area contributed by atoms with Crippen LogP contribution in [0.15, 0.2) is 30.3 Å². The Labute approximate surface area is 146 Å². The molecule has 25 heavy (non-hydrogen) atoms. The molecule has 132 valence electrons. The van der Waals surface area contributed by atoms with E-state index in [0.29, 0.717) is 24.6 Å². The number of nitrogens with zero attached hydrogens (tertiary/aromatic N) is 1. The van der Waals surface area contributed by atoms with E-state index in [9.17, 15) is 9.59 Å². The first-order valence-corrected chi connectivity index (χ1v) is 8.47. The average Bonchev–Trinajstić information content (AvgIpc) is 3.45. The summed E-state index contributed by atoms with van der Waals surface area (Å²) in [6, 6.07) is 9.29. The Kier molecular flexibility index (Phi) is 5.28. The van der Waals surface area contributed by atoms with Crippen LogP contribution >= 0.6 is 0 Å². The van der Waals surface area contributed by atoms with Gasteiger partial charge in [-0.25, -0.2) is 4.79 Å². The largest absolute Gasteiger partial charge is 0.449 e. The number of rotatable bonds is 7. The molecule has 2 aromatic rings. The van der Waals surface area contributed by atoms with Crippen LogP contribution in [0, 0.1) is 0 Å². The third-order valence-corrected chi connectivity index (χ3v) is 4.21. The summed E-state index contributed by atoms with van der Waals surface area (Å²) in [6.07, 6.45) is 1.32. The average molecular weight is 342 g/mol. The van der Waals surface area contributed by atoms with Gasteiger partial charge in [0.15, 0.2) is 6.10 Å². The second kappa shape index (κ2) is 7.61. The van der Waals surface area contributed by atoms with Crippen LogP contribution in [0.25, 0.3) is 10.9 Å². The van der Waals surface area contributed by atoms with Gasteiger partial charge in [-0.15, -0.1) is 0 Å². The predicted octanol–water partition coefficient (Wildman–Crippen LogP) is 2.42. The maximum absolute atomic E-state index is 12.6. The third-order valence-electron chi connectivity index (χ3n) is 4.21. The number of esters is 1. The lowest BCUT2D eigenvalue weighted by Gasteiger charge is -2.15. The molecule has 1 saturated carbocycles. The Bertz CT molecular complexity index is 786. The molecule has 1 aliphatic carbocycles. The molecule has 6 nitrogen and oxygen atoms in total. The topological polar surface area (TPSA) is 77.5 Å². The van der Waals surface area contributed by atoms with Crippen molar-refractivity contribution in [3.63, 3.8) is 0 Å².